The lowest BCUT2D eigenvalue weighted by molar-refractivity contribution is 0.0908. The molecule has 20 heavy (non-hydrogen) atoms. The molecule has 2 rings (SSSR count). The standard InChI is InChI=1S/C15H23N3O2/c1-3-6-17-14-4-7-16-10-13(14)15(19)18-9-12-5-8-20-11(12)2/h4,7,10-12H,3,5-6,8-9H2,1-2H3,(H,16,17)(H,18,19). The highest BCUT2D eigenvalue weighted by molar-refractivity contribution is 5.99. The van der Waals surface area contributed by atoms with Crippen LogP contribution in [0.1, 0.15) is 37.0 Å². The Morgan fingerprint density at radius 3 is 3.10 bits per heavy atom. The molecule has 0 saturated carbocycles. The van der Waals surface area contributed by atoms with Crippen LogP contribution in [-0.4, -0.2) is 36.7 Å². The number of ether oxygens (including phenoxy) is 1. The highest BCUT2D eigenvalue weighted by atomic mass is 16.5. The largest absolute Gasteiger partial charge is 0.384 e. The molecule has 110 valence electrons. The zero-order valence-corrected chi connectivity index (χ0v) is 12.2. The maximum Gasteiger partial charge on any atom is 0.254 e. The van der Waals surface area contributed by atoms with Crippen molar-refractivity contribution in [3.63, 3.8) is 0 Å². The minimum atomic E-state index is -0.0733. The van der Waals surface area contributed by atoms with Crippen LogP contribution in [-0.2, 0) is 4.74 Å². The van der Waals surface area contributed by atoms with Crippen molar-refractivity contribution in [2.24, 2.45) is 5.92 Å². The highest BCUT2D eigenvalue weighted by Crippen LogP contribution is 2.20. The van der Waals surface area contributed by atoms with E-state index < -0.39 is 0 Å². The first-order valence-corrected chi connectivity index (χ1v) is 7.30. The summed E-state index contributed by atoms with van der Waals surface area (Å²) >= 11 is 0. The van der Waals surface area contributed by atoms with Gasteiger partial charge in [0.05, 0.1) is 17.4 Å². The van der Waals surface area contributed by atoms with Gasteiger partial charge in [0.15, 0.2) is 0 Å². The first kappa shape index (κ1) is 14.8. The second-order valence-corrected chi connectivity index (χ2v) is 5.18. The Kier molecular flexibility index (Phi) is 5.35. The van der Waals surface area contributed by atoms with Crippen LogP contribution in [0.2, 0.25) is 0 Å². The summed E-state index contributed by atoms with van der Waals surface area (Å²) < 4.78 is 5.50. The Morgan fingerprint density at radius 1 is 1.55 bits per heavy atom. The Bertz CT molecular complexity index is 450. The monoisotopic (exact) mass is 277 g/mol. The van der Waals surface area contributed by atoms with E-state index in [1.807, 2.05) is 6.07 Å². The smallest absolute Gasteiger partial charge is 0.254 e. The van der Waals surface area contributed by atoms with E-state index in [0.717, 1.165) is 31.7 Å². The summed E-state index contributed by atoms with van der Waals surface area (Å²) in [7, 11) is 0. The number of anilines is 1. The molecule has 1 aliphatic rings. The van der Waals surface area contributed by atoms with Gasteiger partial charge in [0.1, 0.15) is 0 Å². The van der Waals surface area contributed by atoms with Crippen LogP contribution < -0.4 is 10.6 Å². The van der Waals surface area contributed by atoms with Gasteiger partial charge < -0.3 is 15.4 Å². The van der Waals surface area contributed by atoms with Gasteiger partial charge in [-0.3, -0.25) is 9.78 Å². The molecule has 2 atom stereocenters. The van der Waals surface area contributed by atoms with Gasteiger partial charge in [-0.1, -0.05) is 6.92 Å². The topological polar surface area (TPSA) is 63.2 Å². The molecule has 2 unspecified atom stereocenters. The van der Waals surface area contributed by atoms with Gasteiger partial charge in [-0.05, 0) is 25.8 Å². The van der Waals surface area contributed by atoms with Gasteiger partial charge in [0, 0.05) is 38.0 Å². The van der Waals surface area contributed by atoms with Crippen LogP contribution in [0.3, 0.4) is 0 Å². The molecule has 0 bridgehead atoms. The molecule has 1 saturated heterocycles. The van der Waals surface area contributed by atoms with Crippen molar-refractivity contribution in [3.8, 4) is 0 Å². The molecule has 1 fully saturated rings. The van der Waals surface area contributed by atoms with Crippen LogP contribution in [0.25, 0.3) is 0 Å². The predicted octanol–water partition coefficient (Wildman–Crippen LogP) is 2.06. The van der Waals surface area contributed by atoms with Crippen molar-refractivity contribution < 1.29 is 9.53 Å². The number of hydrogen-bond acceptors (Lipinski definition) is 4. The maximum absolute atomic E-state index is 12.3. The van der Waals surface area contributed by atoms with E-state index in [9.17, 15) is 4.79 Å². The third-order valence-corrected chi connectivity index (χ3v) is 3.69. The lowest BCUT2D eigenvalue weighted by Crippen LogP contribution is -2.32. The minimum Gasteiger partial charge on any atom is -0.384 e. The first-order valence-electron chi connectivity index (χ1n) is 7.30. The Labute approximate surface area is 120 Å². The molecule has 1 aromatic rings. The van der Waals surface area contributed by atoms with Crippen molar-refractivity contribution in [1.29, 1.82) is 0 Å². The Morgan fingerprint density at radius 2 is 2.40 bits per heavy atom. The van der Waals surface area contributed by atoms with Gasteiger partial charge in [0.25, 0.3) is 5.91 Å². The van der Waals surface area contributed by atoms with Gasteiger partial charge in [-0.15, -0.1) is 0 Å². The van der Waals surface area contributed by atoms with E-state index in [-0.39, 0.29) is 12.0 Å². The summed E-state index contributed by atoms with van der Waals surface area (Å²) in [4.78, 5) is 16.3. The average Bonchev–Trinajstić information content (AvgIpc) is 2.88. The lowest BCUT2D eigenvalue weighted by Gasteiger charge is -2.16. The predicted molar refractivity (Wildman–Crippen MR) is 78.9 cm³/mol. The molecule has 2 N–H and O–H groups in total. The maximum atomic E-state index is 12.3. The van der Waals surface area contributed by atoms with Crippen molar-refractivity contribution in [1.82, 2.24) is 10.3 Å². The summed E-state index contributed by atoms with van der Waals surface area (Å²) in [5, 5.41) is 6.24. The van der Waals surface area contributed by atoms with Gasteiger partial charge in [0.2, 0.25) is 0 Å². The molecule has 0 aromatic carbocycles. The van der Waals surface area contributed by atoms with Crippen LogP contribution in [0, 0.1) is 5.92 Å². The zero-order chi connectivity index (χ0) is 14.4. The van der Waals surface area contributed by atoms with Gasteiger partial charge in [-0.25, -0.2) is 0 Å². The number of amides is 1. The van der Waals surface area contributed by atoms with Crippen LogP contribution in [0.4, 0.5) is 5.69 Å². The molecule has 2 heterocycles. The Balaban J connectivity index is 1.94. The number of hydrogen-bond donors (Lipinski definition) is 2. The summed E-state index contributed by atoms with van der Waals surface area (Å²) in [6.45, 7) is 6.44. The van der Waals surface area contributed by atoms with E-state index in [4.69, 9.17) is 4.74 Å². The molecule has 1 aliphatic heterocycles. The zero-order valence-electron chi connectivity index (χ0n) is 12.2. The normalized spacial score (nSPS) is 21.7. The molecule has 5 heteroatoms. The molecular formula is C15H23N3O2. The molecule has 1 amide bonds. The molecule has 5 nitrogen and oxygen atoms in total. The highest BCUT2D eigenvalue weighted by Gasteiger charge is 2.24. The van der Waals surface area contributed by atoms with E-state index in [1.54, 1.807) is 12.4 Å². The third kappa shape index (κ3) is 3.70. The number of rotatable bonds is 6. The number of aromatic nitrogens is 1. The van der Waals surface area contributed by atoms with Crippen molar-refractivity contribution >= 4 is 11.6 Å². The summed E-state index contributed by atoms with van der Waals surface area (Å²) in [5.41, 5.74) is 1.45. The van der Waals surface area contributed by atoms with E-state index in [1.165, 1.54) is 0 Å². The summed E-state index contributed by atoms with van der Waals surface area (Å²) in [5.74, 6) is 0.332. The fourth-order valence-corrected chi connectivity index (χ4v) is 2.35. The fraction of sp³-hybridized carbons (Fsp3) is 0.600. The van der Waals surface area contributed by atoms with E-state index in [0.29, 0.717) is 18.0 Å². The van der Waals surface area contributed by atoms with Crippen LogP contribution in [0.5, 0.6) is 0 Å². The molecular weight excluding hydrogens is 254 g/mol. The molecule has 1 aromatic heterocycles. The van der Waals surface area contributed by atoms with Crippen molar-refractivity contribution in [2.45, 2.75) is 32.8 Å². The summed E-state index contributed by atoms with van der Waals surface area (Å²) in [6, 6.07) is 1.84. The lowest BCUT2D eigenvalue weighted by atomic mass is 10.0. The average molecular weight is 277 g/mol. The van der Waals surface area contributed by atoms with Crippen molar-refractivity contribution in [2.75, 3.05) is 25.0 Å². The fourth-order valence-electron chi connectivity index (χ4n) is 2.35. The number of carbonyl (C=O) groups is 1. The second kappa shape index (κ2) is 7.24. The number of carbonyl (C=O) groups excluding carboxylic acids is 1. The molecule has 0 spiro atoms. The first-order chi connectivity index (χ1) is 9.72. The quantitative estimate of drug-likeness (QED) is 0.835. The Hall–Kier alpha value is -1.62. The van der Waals surface area contributed by atoms with Gasteiger partial charge in [-0.2, -0.15) is 0 Å². The van der Waals surface area contributed by atoms with Crippen LogP contribution >= 0.6 is 0 Å². The van der Waals surface area contributed by atoms with Crippen molar-refractivity contribution in [3.05, 3.63) is 24.0 Å². The number of nitrogens with zero attached hydrogens (tertiary/aromatic N) is 1. The van der Waals surface area contributed by atoms with Gasteiger partial charge >= 0.3 is 0 Å². The minimum absolute atomic E-state index is 0.0733. The van der Waals surface area contributed by atoms with E-state index >= 15 is 0 Å². The number of nitrogens with one attached hydrogen (secondary N) is 2. The second-order valence-electron chi connectivity index (χ2n) is 5.18. The third-order valence-electron chi connectivity index (χ3n) is 3.69. The molecule has 0 aliphatic carbocycles. The number of pyridine rings is 1. The summed E-state index contributed by atoms with van der Waals surface area (Å²) in [6.07, 6.45) is 5.56. The molecule has 0 radical (unpaired) electrons. The van der Waals surface area contributed by atoms with Crippen LogP contribution in [0.15, 0.2) is 18.5 Å². The SMILES string of the molecule is CCCNc1ccncc1C(=O)NCC1CCOC1C. The van der Waals surface area contributed by atoms with E-state index in [2.05, 4.69) is 29.5 Å².